The number of sulfonamides is 1. The summed E-state index contributed by atoms with van der Waals surface area (Å²) in [6, 6.07) is 6.77. The van der Waals surface area contributed by atoms with E-state index in [0.717, 1.165) is 43.4 Å². The van der Waals surface area contributed by atoms with E-state index >= 15 is 0 Å². The predicted molar refractivity (Wildman–Crippen MR) is 119 cm³/mol. The average Bonchev–Trinajstić information content (AvgIpc) is 3.01. The molecule has 2 aromatic rings. The molecule has 164 valence electrons. The molecule has 1 saturated heterocycles. The van der Waals surface area contributed by atoms with Crippen molar-refractivity contribution in [2.45, 2.75) is 24.8 Å². The Balaban J connectivity index is 1.54. The van der Waals surface area contributed by atoms with Crippen molar-refractivity contribution >= 4 is 32.4 Å². The number of hydrogen-bond donors (Lipinski definition) is 1. The van der Waals surface area contributed by atoms with Crippen LogP contribution in [0.3, 0.4) is 0 Å². The van der Waals surface area contributed by atoms with Crippen LogP contribution in [0.5, 0.6) is 0 Å². The van der Waals surface area contributed by atoms with Crippen molar-refractivity contribution in [1.82, 2.24) is 19.5 Å². The third kappa shape index (κ3) is 5.57. The Labute approximate surface area is 182 Å². The summed E-state index contributed by atoms with van der Waals surface area (Å²) in [6.45, 7) is 5.88. The normalized spacial score (nSPS) is 15.9. The van der Waals surface area contributed by atoms with Crippen LogP contribution in [0.15, 0.2) is 34.5 Å². The van der Waals surface area contributed by atoms with E-state index in [9.17, 15) is 13.2 Å². The molecule has 1 N–H and O–H groups in total. The summed E-state index contributed by atoms with van der Waals surface area (Å²) < 4.78 is 26.2. The van der Waals surface area contributed by atoms with Crippen molar-refractivity contribution in [1.29, 1.82) is 0 Å². The Morgan fingerprint density at radius 1 is 1.20 bits per heavy atom. The van der Waals surface area contributed by atoms with E-state index in [1.807, 2.05) is 6.92 Å². The Hall–Kier alpha value is -2.01. The molecule has 1 aliphatic rings. The third-order valence-corrected chi connectivity index (χ3v) is 7.98. The SMILES string of the molecule is Cc1csc(N2CCCN(CC(=O)NCc3ccccc3S(=O)(=O)N(C)C)CC2)n1. The largest absolute Gasteiger partial charge is 0.351 e. The topological polar surface area (TPSA) is 85.8 Å². The molecular formula is C20H29N5O3S2. The number of amides is 1. The molecule has 30 heavy (non-hydrogen) atoms. The second kappa shape index (κ2) is 9.86. The van der Waals surface area contributed by atoms with Crippen LogP contribution in [0.1, 0.15) is 17.7 Å². The Bertz CT molecular complexity index is 974. The standard InChI is InChI=1S/C20H29N5O3S2/c1-16-15-29-20(22-16)25-10-6-9-24(11-12-25)14-19(26)21-13-17-7-4-5-8-18(17)30(27,28)23(2)3/h4-5,7-8,15H,6,9-14H2,1-3H3,(H,21,26). The van der Waals surface area contributed by atoms with Crippen LogP contribution in [-0.4, -0.2) is 75.3 Å². The van der Waals surface area contributed by atoms with Crippen LogP contribution in [0.4, 0.5) is 5.13 Å². The maximum Gasteiger partial charge on any atom is 0.242 e. The highest BCUT2D eigenvalue weighted by Gasteiger charge is 2.22. The molecule has 1 aromatic heterocycles. The van der Waals surface area contributed by atoms with Crippen molar-refractivity contribution in [2.24, 2.45) is 0 Å². The molecular weight excluding hydrogens is 422 g/mol. The van der Waals surface area contributed by atoms with Gasteiger partial charge in [0.05, 0.1) is 17.1 Å². The van der Waals surface area contributed by atoms with Gasteiger partial charge in [0.1, 0.15) is 0 Å². The van der Waals surface area contributed by atoms with Crippen molar-refractivity contribution in [3.8, 4) is 0 Å². The first kappa shape index (κ1) is 22.7. The van der Waals surface area contributed by atoms with Gasteiger partial charge in [0.15, 0.2) is 5.13 Å². The highest BCUT2D eigenvalue weighted by Crippen LogP contribution is 2.21. The molecule has 1 amide bonds. The van der Waals surface area contributed by atoms with Crippen LogP contribution in [0.25, 0.3) is 0 Å². The fraction of sp³-hybridized carbons (Fsp3) is 0.500. The lowest BCUT2D eigenvalue weighted by Crippen LogP contribution is -2.39. The zero-order valence-corrected chi connectivity index (χ0v) is 19.3. The Kier molecular flexibility index (Phi) is 7.45. The molecule has 1 aromatic carbocycles. The number of carbonyl (C=O) groups excluding carboxylic acids is 1. The highest BCUT2D eigenvalue weighted by molar-refractivity contribution is 7.89. The van der Waals surface area contributed by atoms with Gasteiger partial charge in [-0.2, -0.15) is 0 Å². The molecule has 3 rings (SSSR count). The molecule has 2 heterocycles. The van der Waals surface area contributed by atoms with Crippen LogP contribution < -0.4 is 10.2 Å². The molecule has 0 aliphatic carbocycles. The Morgan fingerprint density at radius 2 is 1.97 bits per heavy atom. The second-order valence-electron chi connectivity index (χ2n) is 7.56. The molecule has 1 aliphatic heterocycles. The summed E-state index contributed by atoms with van der Waals surface area (Å²) in [5.41, 5.74) is 1.62. The van der Waals surface area contributed by atoms with Crippen LogP contribution in [-0.2, 0) is 21.4 Å². The number of aryl methyl sites for hydroxylation is 1. The zero-order chi connectivity index (χ0) is 21.7. The van der Waals surface area contributed by atoms with E-state index < -0.39 is 10.0 Å². The number of rotatable bonds is 7. The smallest absolute Gasteiger partial charge is 0.242 e. The summed E-state index contributed by atoms with van der Waals surface area (Å²) >= 11 is 1.66. The Morgan fingerprint density at radius 3 is 2.67 bits per heavy atom. The summed E-state index contributed by atoms with van der Waals surface area (Å²) in [5.74, 6) is -0.106. The van der Waals surface area contributed by atoms with E-state index in [4.69, 9.17) is 0 Å². The van der Waals surface area contributed by atoms with E-state index in [1.165, 1.54) is 18.4 Å². The first-order chi connectivity index (χ1) is 14.3. The van der Waals surface area contributed by atoms with Crippen LogP contribution in [0, 0.1) is 6.92 Å². The molecule has 0 saturated carbocycles. The molecule has 0 unspecified atom stereocenters. The van der Waals surface area contributed by atoms with Crippen LogP contribution >= 0.6 is 11.3 Å². The molecule has 0 spiro atoms. The van der Waals surface area contributed by atoms with Crippen molar-refractivity contribution < 1.29 is 13.2 Å². The van der Waals surface area contributed by atoms with E-state index in [-0.39, 0.29) is 17.3 Å². The summed E-state index contributed by atoms with van der Waals surface area (Å²) in [6.07, 6.45) is 0.968. The minimum Gasteiger partial charge on any atom is -0.351 e. The van der Waals surface area contributed by atoms with E-state index in [1.54, 1.807) is 35.6 Å². The fourth-order valence-corrected chi connectivity index (χ4v) is 5.33. The maximum atomic E-state index is 12.5. The molecule has 0 bridgehead atoms. The van der Waals surface area contributed by atoms with E-state index in [0.29, 0.717) is 12.1 Å². The lowest BCUT2D eigenvalue weighted by Gasteiger charge is -2.21. The highest BCUT2D eigenvalue weighted by atomic mass is 32.2. The van der Waals surface area contributed by atoms with Crippen molar-refractivity contribution in [3.05, 3.63) is 40.9 Å². The number of benzene rings is 1. The van der Waals surface area contributed by atoms with Crippen molar-refractivity contribution in [3.63, 3.8) is 0 Å². The second-order valence-corrected chi connectivity index (χ2v) is 10.5. The fourth-order valence-electron chi connectivity index (χ4n) is 3.36. The minimum atomic E-state index is -3.56. The van der Waals surface area contributed by atoms with Gasteiger partial charge < -0.3 is 10.2 Å². The monoisotopic (exact) mass is 451 g/mol. The van der Waals surface area contributed by atoms with Gasteiger partial charge in [-0.15, -0.1) is 11.3 Å². The minimum absolute atomic E-state index is 0.106. The number of aromatic nitrogens is 1. The van der Waals surface area contributed by atoms with E-state index in [2.05, 4.69) is 25.5 Å². The van der Waals surface area contributed by atoms with Gasteiger partial charge in [-0.3, -0.25) is 9.69 Å². The number of nitrogens with one attached hydrogen (secondary N) is 1. The molecule has 1 fully saturated rings. The van der Waals surface area contributed by atoms with Gasteiger partial charge in [0, 0.05) is 52.2 Å². The van der Waals surface area contributed by atoms with Crippen LogP contribution in [0.2, 0.25) is 0 Å². The predicted octanol–water partition coefficient (Wildman–Crippen LogP) is 1.53. The molecule has 10 heteroatoms. The number of anilines is 1. The summed E-state index contributed by atoms with van der Waals surface area (Å²) in [7, 11) is -0.556. The maximum absolute atomic E-state index is 12.5. The van der Waals surface area contributed by atoms with Gasteiger partial charge in [0.25, 0.3) is 0 Å². The van der Waals surface area contributed by atoms with Gasteiger partial charge in [-0.05, 0) is 25.0 Å². The lowest BCUT2D eigenvalue weighted by atomic mass is 10.2. The number of hydrogen-bond acceptors (Lipinski definition) is 7. The molecule has 0 atom stereocenters. The first-order valence-electron chi connectivity index (χ1n) is 9.94. The molecule has 0 radical (unpaired) electrons. The third-order valence-electron chi connectivity index (χ3n) is 5.04. The van der Waals surface area contributed by atoms with Gasteiger partial charge in [0.2, 0.25) is 15.9 Å². The summed E-state index contributed by atoms with van der Waals surface area (Å²) in [5, 5.41) is 5.97. The lowest BCUT2D eigenvalue weighted by molar-refractivity contribution is -0.122. The van der Waals surface area contributed by atoms with Gasteiger partial charge >= 0.3 is 0 Å². The first-order valence-corrected chi connectivity index (χ1v) is 12.3. The molecule has 8 nitrogen and oxygen atoms in total. The quantitative estimate of drug-likeness (QED) is 0.687. The van der Waals surface area contributed by atoms with Crippen molar-refractivity contribution in [2.75, 3.05) is 51.7 Å². The number of thiazole rings is 1. The summed E-state index contributed by atoms with van der Waals surface area (Å²) in [4.78, 5) is 21.7. The van der Waals surface area contributed by atoms with Gasteiger partial charge in [-0.1, -0.05) is 18.2 Å². The zero-order valence-electron chi connectivity index (χ0n) is 17.7. The average molecular weight is 452 g/mol. The number of nitrogens with zero attached hydrogens (tertiary/aromatic N) is 4. The van der Waals surface area contributed by atoms with Gasteiger partial charge in [-0.25, -0.2) is 17.7 Å². The number of carbonyl (C=O) groups is 1.